The molecule has 0 saturated heterocycles. The molecule has 1 rings (SSSR count). The van der Waals surface area contributed by atoms with Crippen LogP contribution in [0.1, 0.15) is 45.8 Å². The molecule has 0 unspecified atom stereocenters. The number of halogens is 1. The van der Waals surface area contributed by atoms with Gasteiger partial charge in [0, 0.05) is 5.41 Å². The maximum Gasteiger partial charge on any atom is 0.281 e. The Labute approximate surface area is 90.4 Å². The van der Waals surface area contributed by atoms with Gasteiger partial charge in [-0.2, -0.15) is 4.39 Å². The fourth-order valence-corrected chi connectivity index (χ4v) is 1.70. The van der Waals surface area contributed by atoms with Gasteiger partial charge in [0.2, 0.25) is 0 Å². The molecule has 0 bridgehead atoms. The Bertz CT molecular complexity index is 315. The number of unbranched alkanes of at least 4 members (excludes halogenated alkanes) is 1. The van der Waals surface area contributed by atoms with Crippen LogP contribution in [0.2, 0.25) is 0 Å². The lowest BCUT2D eigenvalue weighted by Gasteiger charge is -2.22. The largest absolute Gasteiger partial charge is 0.493 e. The second kappa shape index (κ2) is 4.69. The molecule has 0 fully saturated rings. The predicted octanol–water partition coefficient (Wildman–Crippen LogP) is 3.90. The Kier molecular flexibility index (Phi) is 3.77. The van der Waals surface area contributed by atoms with Gasteiger partial charge in [-0.3, -0.25) is 0 Å². The van der Waals surface area contributed by atoms with Crippen molar-refractivity contribution in [2.45, 2.75) is 45.4 Å². The minimum Gasteiger partial charge on any atom is -0.493 e. The molecular formula is C12H19FO2. The summed E-state index contributed by atoms with van der Waals surface area (Å²) < 4.78 is 23.2. The average molecular weight is 214 g/mol. The molecule has 2 nitrogen and oxygen atoms in total. The molecule has 0 aliphatic heterocycles. The highest BCUT2D eigenvalue weighted by atomic mass is 19.1. The smallest absolute Gasteiger partial charge is 0.281 e. The van der Waals surface area contributed by atoms with Gasteiger partial charge in [-0.25, -0.2) is 0 Å². The summed E-state index contributed by atoms with van der Waals surface area (Å²) in [6.45, 7) is 6.23. The van der Waals surface area contributed by atoms with Crippen LogP contribution >= 0.6 is 0 Å². The van der Waals surface area contributed by atoms with Gasteiger partial charge >= 0.3 is 0 Å². The van der Waals surface area contributed by atoms with Gasteiger partial charge in [0.05, 0.1) is 13.2 Å². The van der Waals surface area contributed by atoms with E-state index >= 15 is 0 Å². The first-order chi connectivity index (χ1) is 7.01. The number of rotatable bonds is 5. The fourth-order valence-electron chi connectivity index (χ4n) is 1.70. The van der Waals surface area contributed by atoms with Gasteiger partial charge < -0.3 is 9.15 Å². The minimum absolute atomic E-state index is 0.175. The molecular weight excluding hydrogens is 195 g/mol. The molecule has 0 amide bonds. The van der Waals surface area contributed by atoms with Crippen molar-refractivity contribution in [2.75, 3.05) is 7.11 Å². The van der Waals surface area contributed by atoms with Crippen LogP contribution in [0.5, 0.6) is 5.75 Å². The quantitative estimate of drug-likeness (QED) is 0.741. The van der Waals surface area contributed by atoms with E-state index in [1.54, 1.807) is 0 Å². The number of ether oxygens (including phenoxy) is 1. The minimum atomic E-state index is -0.577. The van der Waals surface area contributed by atoms with Gasteiger partial charge in [-0.05, 0) is 6.42 Å². The third-order valence-electron chi connectivity index (χ3n) is 2.66. The number of hydrogen-bond acceptors (Lipinski definition) is 2. The molecule has 15 heavy (non-hydrogen) atoms. The summed E-state index contributed by atoms with van der Waals surface area (Å²) in [5.74, 6) is 1.12. The van der Waals surface area contributed by atoms with Gasteiger partial charge in [0.15, 0.2) is 11.5 Å². The van der Waals surface area contributed by atoms with Crippen LogP contribution in [-0.2, 0) is 5.41 Å². The first-order valence-corrected chi connectivity index (χ1v) is 5.35. The molecule has 1 aromatic rings. The maximum absolute atomic E-state index is 13.0. The third-order valence-corrected chi connectivity index (χ3v) is 2.66. The van der Waals surface area contributed by atoms with E-state index in [1.807, 2.05) is 13.8 Å². The van der Waals surface area contributed by atoms with Crippen molar-refractivity contribution < 1.29 is 13.5 Å². The molecule has 0 aliphatic carbocycles. The summed E-state index contributed by atoms with van der Waals surface area (Å²) in [5, 5.41) is 0. The van der Waals surface area contributed by atoms with Crippen LogP contribution in [0, 0.1) is 6.01 Å². The summed E-state index contributed by atoms with van der Waals surface area (Å²) in [7, 11) is 1.53. The molecule has 0 aromatic carbocycles. The summed E-state index contributed by atoms with van der Waals surface area (Å²) in [4.78, 5) is 0. The predicted molar refractivity (Wildman–Crippen MR) is 57.8 cm³/mol. The van der Waals surface area contributed by atoms with E-state index in [0.29, 0.717) is 11.5 Å². The Morgan fingerprint density at radius 2 is 2.13 bits per heavy atom. The van der Waals surface area contributed by atoms with Crippen molar-refractivity contribution in [3.05, 3.63) is 17.8 Å². The Hall–Kier alpha value is -0.990. The van der Waals surface area contributed by atoms with Crippen molar-refractivity contribution in [3.8, 4) is 5.75 Å². The summed E-state index contributed by atoms with van der Waals surface area (Å²) in [6, 6.07) is 0.717. The molecule has 86 valence electrons. The second-order valence-electron chi connectivity index (χ2n) is 4.44. The van der Waals surface area contributed by atoms with Crippen LogP contribution in [-0.4, -0.2) is 7.11 Å². The number of hydrogen-bond donors (Lipinski definition) is 0. The highest BCUT2D eigenvalue weighted by Crippen LogP contribution is 2.37. The molecule has 0 atom stereocenters. The summed E-state index contributed by atoms with van der Waals surface area (Å²) >= 11 is 0. The lowest BCUT2D eigenvalue weighted by atomic mass is 9.84. The summed E-state index contributed by atoms with van der Waals surface area (Å²) in [6.07, 6.45) is 3.18. The zero-order chi connectivity index (χ0) is 11.5. The molecule has 3 heteroatoms. The molecule has 0 spiro atoms. The lowest BCUT2D eigenvalue weighted by Crippen LogP contribution is -2.16. The molecule has 0 N–H and O–H groups in total. The van der Waals surface area contributed by atoms with E-state index in [-0.39, 0.29) is 5.41 Å². The van der Waals surface area contributed by atoms with Gasteiger partial charge in [-0.1, -0.05) is 33.6 Å². The second-order valence-corrected chi connectivity index (χ2v) is 4.44. The van der Waals surface area contributed by atoms with Crippen LogP contribution < -0.4 is 4.74 Å². The standard InChI is InChI=1S/C12H19FO2/c1-5-6-7-12(2,3)11-9(14-4)8-10(13)15-11/h8H,5-7H2,1-4H3. The molecule has 0 saturated carbocycles. The third kappa shape index (κ3) is 2.74. The van der Waals surface area contributed by atoms with Crippen molar-refractivity contribution in [1.82, 2.24) is 0 Å². The SMILES string of the molecule is CCCCC(C)(C)c1oc(F)cc1OC. The number of methoxy groups -OCH3 is 1. The Balaban J connectivity index is 2.91. The van der Waals surface area contributed by atoms with Crippen LogP contribution in [0.25, 0.3) is 0 Å². The molecule has 1 aromatic heterocycles. The molecule has 1 heterocycles. The zero-order valence-electron chi connectivity index (χ0n) is 9.89. The van der Waals surface area contributed by atoms with E-state index in [2.05, 4.69) is 6.92 Å². The summed E-state index contributed by atoms with van der Waals surface area (Å²) in [5.41, 5.74) is -0.175. The van der Waals surface area contributed by atoms with E-state index < -0.39 is 6.01 Å². The Morgan fingerprint density at radius 3 is 2.67 bits per heavy atom. The normalized spacial score (nSPS) is 11.8. The maximum atomic E-state index is 13.0. The van der Waals surface area contributed by atoms with Gasteiger partial charge in [0.25, 0.3) is 6.01 Å². The molecule has 0 radical (unpaired) electrons. The van der Waals surface area contributed by atoms with E-state index in [9.17, 15) is 4.39 Å². The van der Waals surface area contributed by atoms with Crippen molar-refractivity contribution in [1.29, 1.82) is 0 Å². The zero-order valence-corrected chi connectivity index (χ0v) is 9.89. The lowest BCUT2D eigenvalue weighted by molar-refractivity contribution is 0.272. The van der Waals surface area contributed by atoms with Crippen LogP contribution in [0.4, 0.5) is 4.39 Å². The highest BCUT2D eigenvalue weighted by Gasteiger charge is 2.28. The van der Waals surface area contributed by atoms with E-state index in [4.69, 9.17) is 9.15 Å². The van der Waals surface area contributed by atoms with Crippen molar-refractivity contribution in [3.63, 3.8) is 0 Å². The van der Waals surface area contributed by atoms with Crippen LogP contribution in [0.3, 0.4) is 0 Å². The first kappa shape index (κ1) is 12.1. The van der Waals surface area contributed by atoms with E-state index in [1.165, 1.54) is 13.2 Å². The highest BCUT2D eigenvalue weighted by molar-refractivity contribution is 5.31. The fraction of sp³-hybridized carbons (Fsp3) is 0.667. The first-order valence-electron chi connectivity index (χ1n) is 5.35. The van der Waals surface area contributed by atoms with Crippen molar-refractivity contribution in [2.24, 2.45) is 0 Å². The topological polar surface area (TPSA) is 22.4 Å². The molecule has 0 aliphatic rings. The number of furan rings is 1. The Morgan fingerprint density at radius 1 is 1.47 bits per heavy atom. The van der Waals surface area contributed by atoms with Crippen LogP contribution in [0.15, 0.2) is 10.5 Å². The average Bonchev–Trinajstić information content (AvgIpc) is 2.57. The van der Waals surface area contributed by atoms with Crippen molar-refractivity contribution >= 4 is 0 Å². The monoisotopic (exact) mass is 214 g/mol. The van der Waals surface area contributed by atoms with Gasteiger partial charge in [0.1, 0.15) is 0 Å². The van der Waals surface area contributed by atoms with E-state index in [0.717, 1.165) is 19.3 Å². The van der Waals surface area contributed by atoms with Gasteiger partial charge in [-0.15, -0.1) is 0 Å².